The summed E-state index contributed by atoms with van der Waals surface area (Å²) in [6, 6.07) is 12.0. The Morgan fingerprint density at radius 2 is 1.75 bits per heavy atom. The van der Waals surface area contributed by atoms with E-state index in [4.69, 9.17) is 40.2 Å². The average molecular weight is 440 g/mol. The van der Waals surface area contributed by atoms with E-state index >= 15 is 0 Å². The monoisotopic (exact) mass is 439 g/mol. The summed E-state index contributed by atoms with van der Waals surface area (Å²) in [5.41, 5.74) is 1.83. The van der Waals surface area contributed by atoms with E-state index in [2.05, 4.69) is 29.4 Å². The predicted molar refractivity (Wildman–Crippen MR) is 121 cm³/mol. The van der Waals surface area contributed by atoms with E-state index in [0.29, 0.717) is 33.0 Å². The summed E-state index contributed by atoms with van der Waals surface area (Å²) in [4.78, 5) is 14.3. The highest BCUT2D eigenvalue weighted by Gasteiger charge is 2.09. The maximum absolute atomic E-state index is 12.1. The molecule has 0 aromatic heterocycles. The van der Waals surface area contributed by atoms with Gasteiger partial charge in [-0.2, -0.15) is 0 Å². The number of benzene rings is 2. The standard InChI is InChI=1S/C20H23Cl2N3O2S/c1-3-25(4-2)11-12-27-19(26)14-5-8-16(9-6-14)23-20(28)24-18-13-15(21)7-10-17(18)22/h5-10,13H,3-4,11-12H2,1-2H3,(H2,23,24,28). The Labute approximate surface area is 181 Å². The second-order valence-corrected chi connectivity index (χ2v) is 7.20. The van der Waals surface area contributed by atoms with Crippen molar-refractivity contribution < 1.29 is 9.53 Å². The molecule has 150 valence electrons. The lowest BCUT2D eigenvalue weighted by Crippen LogP contribution is -2.27. The van der Waals surface area contributed by atoms with Crippen molar-refractivity contribution in [1.29, 1.82) is 0 Å². The van der Waals surface area contributed by atoms with Gasteiger partial charge in [0.25, 0.3) is 0 Å². The maximum atomic E-state index is 12.1. The lowest BCUT2D eigenvalue weighted by Gasteiger charge is -2.17. The van der Waals surface area contributed by atoms with Gasteiger partial charge in [0.15, 0.2) is 5.11 Å². The number of ether oxygens (including phenoxy) is 1. The van der Waals surface area contributed by atoms with Crippen LogP contribution in [0.25, 0.3) is 0 Å². The Morgan fingerprint density at radius 3 is 2.39 bits per heavy atom. The van der Waals surface area contributed by atoms with Crippen LogP contribution >= 0.6 is 35.4 Å². The fraction of sp³-hybridized carbons (Fsp3) is 0.300. The molecule has 2 aromatic carbocycles. The molecule has 0 bridgehead atoms. The van der Waals surface area contributed by atoms with Crippen LogP contribution in [-0.2, 0) is 4.74 Å². The first-order valence-corrected chi connectivity index (χ1v) is 10.1. The number of anilines is 2. The van der Waals surface area contributed by atoms with Crippen LogP contribution in [0.5, 0.6) is 0 Å². The third-order valence-electron chi connectivity index (χ3n) is 4.09. The zero-order chi connectivity index (χ0) is 20.5. The fourth-order valence-corrected chi connectivity index (χ4v) is 3.02. The summed E-state index contributed by atoms with van der Waals surface area (Å²) in [6.07, 6.45) is 0. The van der Waals surface area contributed by atoms with Gasteiger partial charge < -0.3 is 20.3 Å². The largest absolute Gasteiger partial charge is 0.461 e. The Bertz CT molecular complexity index is 812. The number of hydrogen-bond donors (Lipinski definition) is 2. The van der Waals surface area contributed by atoms with Crippen molar-refractivity contribution in [2.75, 3.05) is 36.9 Å². The zero-order valence-corrected chi connectivity index (χ0v) is 18.1. The summed E-state index contributed by atoms with van der Waals surface area (Å²) in [6.45, 7) is 7.12. The first-order valence-electron chi connectivity index (χ1n) is 8.95. The molecule has 0 saturated carbocycles. The number of halogens is 2. The second kappa shape index (κ2) is 11.2. The third-order valence-corrected chi connectivity index (χ3v) is 4.86. The van der Waals surface area contributed by atoms with Crippen LogP contribution in [0.2, 0.25) is 10.0 Å². The lowest BCUT2D eigenvalue weighted by atomic mass is 10.2. The zero-order valence-electron chi connectivity index (χ0n) is 15.8. The molecule has 0 spiro atoms. The number of thiocarbonyl (C=S) groups is 1. The smallest absolute Gasteiger partial charge is 0.338 e. The Balaban J connectivity index is 1.87. The van der Waals surface area contributed by atoms with E-state index in [0.717, 1.165) is 25.3 Å². The molecule has 2 rings (SSSR count). The molecule has 5 nitrogen and oxygen atoms in total. The molecule has 0 radical (unpaired) electrons. The van der Waals surface area contributed by atoms with Crippen molar-refractivity contribution >= 4 is 57.9 Å². The Kier molecular flexibility index (Phi) is 8.99. The van der Waals surface area contributed by atoms with Gasteiger partial charge >= 0.3 is 5.97 Å². The van der Waals surface area contributed by atoms with Gasteiger partial charge in [0, 0.05) is 17.3 Å². The van der Waals surface area contributed by atoms with Gasteiger partial charge in [-0.05, 0) is 67.8 Å². The van der Waals surface area contributed by atoms with Crippen molar-refractivity contribution in [3.8, 4) is 0 Å². The highest BCUT2D eigenvalue weighted by Crippen LogP contribution is 2.25. The van der Waals surface area contributed by atoms with Gasteiger partial charge in [0.05, 0.1) is 16.3 Å². The minimum atomic E-state index is -0.342. The van der Waals surface area contributed by atoms with E-state index in [1.165, 1.54) is 0 Å². The highest BCUT2D eigenvalue weighted by molar-refractivity contribution is 7.80. The summed E-state index contributed by atoms with van der Waals surface area (Å²) in [7, 11) is 0. The minimum Gasteiger partial charge on any atom is -0.461 e. The Morgan fingerprint density at radius 1 is 1.07 bits per heavy atom. The molecule has 8 heteroatoms. The molecule has 0 heterocycles. The van der Waals surface area contributed by atoms with Crippen LogP contribution < -0.4 is 10.6 Å². The van der Waals surface area contributed by atoms with Crippen LogP contribution in [-0.4, -0.2) is 42.2 Å². The molecule has 28 heavy (non-hydrogen) atoms. The van der Waals surface area contributed by atoms with E-state index in [-0.39, 0.29) is 5.97 Å². The Hall–Kier alpha value is -1.86. The van der Waals surface area contributed by atoms with E-state index < -0.39 is 0 Å². The summed E-state index contributed by atoms with van der Waals surface area (Å²) in [5, 5.41) is 7.46. The van der Waals surface area contributed by atoms with Crippen molar-refractivity contribution in [2.45, 2.75) is 13.8 Å². The average Bonchev–Trinajstić information content (AvgIpc) is 2.68. The molecule has 2 aromatic rings. The topological polar surface area (TPSA) is 53.6 Å². The van der Waals surface area contributed by atoms with E-state index in [1.54, 1.807) is 42.5 Å². The number of likely N-dealkylation sites (N-methyl/N-ethyl adjacent to an activating group) is 1. The number of carbonyl (C=O) groups excluding carboxylic acids is 1. The molecule has 0 aliphatic carbocycles. The van der Waals surface area contributed by atoms with Gasteiger partial charge in [-0.3, -0.25) is 0 Å². The SMILES string of the molecule is CCN(CC)CCOC(=O)c1ccc(NC(=S)Nc2cc(Cl)ccc2Cl)cc1. The van der Waals surface area contributed by atoms with E-state index in [9.17, 15) is 4.79 Å². The van der Waals surface area contributed by atoms with Gasteiger partial charge in [0.2, 0.25) is 0 Å². The number of carbonyl (C=O) groups is 1. The van der Waals surface area contributed by atoms with Crippen LogP contribution in [0, 0.1) is 0 Å². The number of hydrogen-bond acceptors (Lipinski definition) is 4. The van der Waals surface area contributed by atoms with Gasteiger partial charge in [-0.15, -0.1) is 0 Å². The highest BCUT2D eigenvalue weighted by atomic mass is 35.5. The molecule has 0 aliphatic rings. The van der Waals surface area contributed by atoms with Crippen LogP contribution in [0.4, 0.5) is 11.4 Å². The summed E-state index contributed by atoms with van der Waals surface area (Å²) < 4.78 is 5.32. The van der Waals surface area contributed by atoms with Crippen LogP contribution in [0.3, 0.4) is 0 Å². The first kappa shape index (κ1) is 22.4. The molecule has 0 unspecified atom stereocenters. The maximum Gasteiger partial charge on any atom is 0.338 e. The van der Waals surface area contributed by atoms with E-state index in [1.807, 2.05) is 0 Å². The van der Waals surface area contributed by atoms with Crippen LogP contribution in [0.15, 0.2) is 42.5 Å². The van der Waals surface area contributed by atoms with Crippen LogP contribution in [0.1, 0.15) is 24.2 Å². The summed E-state index contributed by atoms with van der Waals surface area (Å²) in [5.74, 6) is -0.342. The fourth-order valence-electron chi connectivity index (χ4n) is 2.46. The molecular formula is C20H23Cl2N3O2S. The number of nitrogens with zero attached hydrogens (tertiary/aromatic N) is 1. The summed E-state index contributed by atoms with van der Waals surface area (Å²) >= 11 is 17.4. The van der Waals surface area contributed by atoms with Crippen molar-refractivity contribution in [3.05, 3.63) is 58.1 Å². The minimum absolute atomic E-state index is 0.342. The molecule has 0 saturated heterocycles. The van der Waals surface area contributed by atoms with Gasteiger partial charge in [-0.1, -0.05) is 37.0 Å². The predicted octanol–water partition coefficient (Wildman–Crippen LogP) is 5.30. The number of rotatable bonds is 8. The normalized spacial score (nSPS) is 10.6. The molecular weight excluding hydrogens is 417 g/mol. The molecule has 0 amide bonds. The van der Waals surface area contributed by atoms with Crippen molar-refractivity contribution in [1.82, 2.24) is 4.90 Å². The number of nitrogens with one attached hydrogen (secondary N) is 2. The third kappa shape index (κ3) is 6.95. The molecule has 0 aliphatic heterocycles. The molecule has 2 N–H and O–H groups in total. The quantitative estimate of drug-likeness (QED) is 0.429. The van der Waals surface area contributed by atoms with Crippen molar-refractivity contribution in [3.63, 3.8) is 0 Å². The number of esters is 1. The molecule has 0 atom stereocenters. The lowest BCUT2D eigenvalue weighted by molar-refractivity contribution is 0.0466. The second-order valence-electron chi connectivity index (χ2n) is 5.94. The molecule has 0 fully saturated rings. The first-order chi connectivity index (χ1) is 13.4. The van der Waals surface area contributed by atoms with Crippen molar-refractivity contribution in [2.24, 2.45) is 0 Å². The van der Waals surface area contributed by atoms with Gasteiger partial charge in [0.1, 0.15) is 6.61 Å². The van der Waals surface area contributed by atoms with Gasteiger partial charge in [-0.25, -0.2) is 4.79 Å².